The number of carbonyl (C=O) groups is 1. The first-order valence-electron chi connectivity index (χ1n) is 5.78. The fourth-order valence-corrected chi connectivity index (χ4v) is 1.66. The molecule has 2 aromatic rings. The van der Waals surface area contributed by atoms with Gasteiger partial charge in [0.25, 0.3) is 5.91 Å². The molecule has 6 heteroatoms. The maximum Gasteiger partial charge on any atom is 0.269 e. The zero-order chi connectivity index (χ0) is 13.8. The Bertz CT molecular complexity index is 582. The van der Waals surface area contributed by atoms with E-state index >= 15 is 0 Å². The summed E-state index contributed by atoms with van der Waals surface area (Å²) in [6.45, 7) is 0.480. The molecule has 0 atom stereocenters. The SMILES string of the molecule is CN(c1cccc(CN)c1)c1ccc(C(N)=O)nn1. The Kier molecular flexibility index (Phi) is 3.72. The lowest BCUT2D eigenvalue weighted by Gasteiger charge is -2.18. The van der Waals surface area contributed by atoms with E-state index in [0.29, 0.717) is 12.4 Å². The largest absolute Gasteiger partial charge is 0.364 e. The molecule has 1 aromatic carbocycles. The first kappa shape index (κ1) is 13.0. The van der Waals surface area contributed by atoms with Crippen LogP contribution in [0.15, 0.2) is 36.4 Å². The molecule has 4 N–H and O–H groups in total. The van der Waals surface area contributed by atoms with E-state index in [2.05, 4.69) is 10.2 Å². The number of rotatable bonds is 4. The van der Waals surface area contributed by atoms with Crippen LogP contribution < -0.4 is 16.4 Å². The third-order valence-electron chi connectivity index (χ3n) is 2.78. The quantitative estimate of drug-likeness (QED) is 0.844. The topological polar surface area (TPSA) is 98.1 Å². The number of hydrogen-bond donors (Lipinski definition) is 2. The molecular weight excluding hydrogens is 242 g/mol. The van der Waals surface area contributed by atoms with Gasteiger partial charge in [0.2, 0.25) is 0 Å². The lowest BCUT2D eigenvalue weighted by Crippen LogP contribution is -2.16. The van der Waals surface area contributed by atoms with Crippen molar-refractivity contribution in [2.24, 2.45) is 11.5 Å². The number of hydrogen-bond acceptors (Lipinski definition) is 5. The smallest absolute Gasteiger partial charge is 0.269 e. The van der Waals surface area contributed by atoms with Gasteiger partial charge in [-0.15, -0.1) is 10.2 Å². The van der Waals surface area contributed by atoms with Gasteiger partial charge in [-0.25, -0.2) is 0 Å². The van der Waals surface area contributed by atoms with E-state index in [1.54, 1.807) is 12.1 Å². The zero-order valence-corrected chi connectivity index (χ0v) is 10.6. The van der Waals surface area contributed by atoms with Crippen molar-refractivity contribution in [2.75, 3.05) is 11.9 Å². The molecule has 1 aromatic heterocycles. The molecule has 0 saturated carbocycles. The first-order valence-corrected chi connectivity index (χ1v) is 5.78. The zero-order valence-electron chi connectivity index (χ0n) is 10.6. The summed E-state index contributed by atoms with van der Waals surface area (Å²) >= 11 is 0. The molecule has 0 bridgehead atoms. The molecule has 1 amide bonds. The Morgan fingerprint density at radius 3 is 2.63 bits per heavy atom. The summed E-state index contributed by atoms with van der Waals surface area (Å²) in [7, 11) is 1.86. The molecule has 0 saturated heterocycles. The number of aromatic nitrogens is 2. The molecule has 0 radical (unpaired) electrons. The lowest BCUT2D eigenvalue weighted by atomic mass is 10.2. The Morgan fingerprint density at radius 1 is 1.26 bits per heavy atom. The van der Waals surface area contributed by atoms with Crippen molar-refractivity contribution in [2.45, 2.75) is 6.54 Å². The second kappa shape index (κ2) is 5.45. The van der Waals surface area contributed by atoms with Crippen LogP contribution in [0.1, 0.15) is 16.1 Å². The second-order valence-corrected chi connectivity index (χ2v) is 4.07. The van der Waals surface area contributed by atoms with Crippen LogP contribution in [0.5, 0.6) is 0 Å². The minimum absolute atomic E-state index is 0.146. The molecule has 0 fully saturated rings. The average molecular weight is 257 g/mol. The summed E-state index contributed by atoms with van der Waals surface area (Å²) in [5, 5.41) is 7.75. The molecule has 0 spiro atoms. The summed E-state index contributed by atoms with van der Waals surface area (Å²) < 4.78 is 0. The summed E-state index contributed by atoms with van der Waals surface area (Å²) in [5.74, 6) is 0.0333. The molecule has 0 aliphatic carbocycles. The molecule has 0 aliphatic heterocycles. The predicted molar refractivity (Wildman–Crippen MR) is 72.9 cm³/mol. The minimum atomic E-state index is -0.591. The van der Waals surface area contributed by atoms with Gasteiger partial charge in [-0.1, -0.05) is 12.1 Å². The van der Waals surface area contributed by atoms with Gasteiger partial charge >= 0.3 is 0 Å². The van der Waals surface area contributed by atoms with Gasteiger partial charge in [0, 0.05) is 19.3 Å². The van der Waals surface area contributed by atoms with E-state index in [0.717, 1.165) is 11.3 Å². The van der Waals surface area contributed by atoms with E-state index < -0.39 is 5.91 Å². The third kappa shape index (κ3) is 2.86. The fraction of sp³-hybridized carbons (Fsp3) is 0.154. The van der Waals surface area contributed by atoms with Gasteiger partial charge in [-0.05, 0) is 29.8 Å². The molecule has 19 heavy (non-hydrogen) atoms. The van der Waals surface area contributed by atoms with Crippen LogP contribution >= 0.6 is 0 Å². The Morgan fingerprint density at radius 2 is 2.05 bits per heavy atom. The van der Waals surface area contributed by atoms with Crippen molar-refractivity contribution >= 4 is 17.4 Å². The summed E-state index contributed by atoms with van der Waals surface area (Å²) in [4.78, 5) is 12.8. The van der Waals surface area contributed by atoms with Gasteiger partial charge < -0.3 is 16.4 Å². The lowest BCUT2D eigenvalue weighted by molar-refractivity contribution is 0.0994. The average Bonchev–Trinajstić information content (AvgIpc) is 2.46. The summed E-state index contributed by atoms with van der Waals surface area (Å²) in [5.41, 5.74) is 12.9. The third-order valence-corrected chi connectivity index (χ3v) is 2.78. The number of primary amides is 1. The highest BCUT2D eigenvalue weighted by atomic mass is 16.1. The number of nitrogens with zero attached hydrogens (tertiary/aromatic N) is 3. The number of anilines is 2. The van der Waals surface area contributed by atoms with Crippen molar-refractivity contribution in [3.63, 3.8) is 0 Å². The predicted octanol–water partition coefficient (Wildman–Crippen LogP) is 0.802. The number of benzene rings is 1. The first-order chi connectivity index (χ1) is 9.11. The van der Waals surface area contributed by atoms with Crippen LogP contribution in [0, 0.1) is 0 Å². The summed E-state index contributed by atoms with van der Waals surface area (Å²) in [6, 6.07) is 11.1. The van der Waals surface area contributed by atoms with Crippen molar-refractivity contribution in [1.29, 1.82) is 0 Å². The van der Waals surface area contributed by atoms with E-state index in [9.17, 15) is 4.79 Å². The van der Waals surface area contributed by atoms with Gasteiger partial charge in [0.05, 0.1) is 0 Å². The van der Waals surface area contributed by atoms with Gasteiger partial charge in [0.15, 0.2) is 11.5 Å². The van der Waals surface area contributed by atoms with Crippen LogP contribution in [0.25, 0.3) is 0 Å². The van der Waals surface area contributed by atoms with Crippen LogP contribution in [0.3, 0.4) is 0 Å². The van der Waals surface area contributed by atoms with Crippen molar-refractivity contribution < 1.29 is 4.79 Å². The molecule has 1 heterocycles. The van der Waals surface area contributed by atoms with Crippen LogP contribution in [0.2, 0.25) is 0 Å². The fourth-order valence-electron chi connectivity index (χ4n) is 1.66. The normalized spacial score (nSPS) is 10.2. The highest BCUT2D eigenvalue weighted by Gasteiger charge is 2.08. The van der Waals surface area contributed by atoms with Gasteiger partial charge in [0.1, 0.15) is 0 Å². The second-order valence-electron chi connectivity index (χ2n) is 4.07. The van der Waals surface area contributed by atoms with Crippen molar-refractivity contribution in [3.05, 3.63) is 47.7 Å². The standard InChI is InChI=1S/C13H15N5O/c1-18(10-4-2-3-9(7-10)8-14)12-6-5-11(13(15)19)16-17-12/h2-7H,8,14H2,1H3,(H2,15,19). The number of amides is 1. The summed E-state index contributed by atoms with van der Waals surface area (Å²) in [6.07, 6.45) is 0. The van der Waals surface area contributed by atoms with E-state index in [1.165, 1.54) is 0 Å². The van der Waals surface area contributed by atoms with Crippen LogP contribution in [0.4, 0.5) is 11.5 Å². The molecule has 0 aliphatic rings. The van der Waals surface area contributed by atoms with Crippen molar-refractivity contribution in [1.82, 2.24) is 10.2 Å². The van der Waals surface area contributed by atoms with Crippen molar-refractivity contribution in [3.8, 4) is 0 Å². The molecule has 6 nitrogen and oxygen atoms in total. The maximum atomic E-state index is 10.9. The van der Waals surface area contributed by atoms with Crippen LogP contribution in [-0.4, -0.2) is 23.2 Å². The number of carbonyl (C=O) groups excluding carboxylic acids is 1. The van der Waals surface area contributed by atoms with E-state index in [4.69, 9.17) is 11.5 Å². The van der Waals surface area contributed by atoms with Crippen LogP contribution in [-0.2, 0) is 6.54 Å². The Hall–Kier alpha value is -2.47. The maximum absolute atomic E-state index is 10.9. The molecule has 0 unspecified atom stereocenters. The van der Waals surface area contributed by atoms with Gasteiger partial charge in [-0.2, -0.15) is 0 Å². The Labute approximate surface area is 111 Å². The molecular formula is C13H15N5O. The highest BCUT2D eigenvalue weighted by Crippen LogP contribution is 2.21. The van der Waals surface area contributed by atoms with E-state index in [1.807, 2.05) is 36.2 Å². The monoisotopic (exact) mass is 257 g/mol. The number of nitrogens with two attached hydrogens (primary N) is 2. The minimum Gasteiger partial charge on any atom is -0.364 e. The van der Waals surface area contributed by atoms with Gasteiger partial charge in [-0.3, -0.25) is 4.79 Å². The molecule has 98 valence electrons. The molecule has 2 rings (SSSR count). The van der Waals surface area contributed by atoms with E-state index in [-0.39, 0.29) is 5.69 Å². The Balaban J connectivity index is 2.27. The highest BCUT2D eigenvalue weighted by molar-refractivity contribution is 5.90.